The number of aliphatic hydroxyl groups is 2. The Bertz CT molecular complexity index is 1670. The first-order chi connectivity index (χ1) is 22.9. The third-order valence-corrected chi connectivity index (χ3v) is 9.02. The summed E-state index contributed by atoms with van der Waals surface area (Å²) >= 11 is 17.0. The second kappa shape index (κ2) is 16.0. The van der Waals surface area contributed by atoms with Crippen LogP contribution in [0.4, 0.5) is 0 Å². The minimum absolute atomic E-state index is 0.0364. The van der Waals surface area contributed by atoms with E-state index < -0.39 is 22.1 Å². The molecule has 8 nitrogen and oxygen atoms in total. The lowest BCUT2D eigenvalue weighted by molar-refractivity contribution is -0.276. The van der Waals surface area contributed by atoms with Gasteiger partial charge in [-0.2, -0.15) is 0 Å². The van der Waals surface area contributed by atoms with Gasteiger partial charge in [0.2, 0.25) is 0 Å². The Labute approximate surface area is 295 Å². The highest BCUT2D eigenvalue weighted by molar-refractivity contribution is 6.76. The quantitative estimate of drug-likeness (QED) is 0.124. The van der Waals surface area contributed by atoms with Crippen LogP contribution < -0.4 is 5.32 Å². The van der Waals surface area contributed by atoms with E-state index in [9.17, 15) is 20.1 Å². The minimum Gasteiger partial charge on any atom is -0.508 e. The molecular weight excluding hydrogens is 675 g/mol. The van der Waals surface area contributed by atoms with Crippen molar-refractivity contribution in [3.63, 3.8) is 0 Å². The van der Waals surface area contributed by atoms with Crippen LogP contribution in [0.3, 0.4) is 0 Å². The molecule has 1 fully saturated rings. The molecule has 4 aromatic rings. The van der Waals surface area contributed by atoms with E-state index in [1.54, 1.807) is 24.3 Å². The van der Waals surface area contributed by atoms with E-state index in [0.29, 0.717) is 18.7 Å². The van der Waals surface area contributed by atoms with Gasteiger partial charge in [-0.25, -0.2) is 0 Å². The number of hydrogen-bond acceptors (Lipinski definition) is 7. The van der Waals surface area contributed by atoms with Crippen LogP contribution in [0.15, 0.2) is 97.1 Å². The van der Waals surface area contributed by atoms with E-state index in [4.69, 9.17) is 44.3 Å². The van der Waals surface area contributed by atoms with Crippen molar-refractivity contribution in [2.24, 2.45) is 5.92 Å². The van der Waals surface area contributed by atoms with Crippen LogP contribution in [0.1, 0.15) is 53.2 Å². The van der Waals surface area contributed by atoms with Crippen LogP contribution in [0.25, 0.3) is 11.1 Å². The van der Waals surface area contributed by atoms with Crippen LogP contribution in [-0.2, 0) is 27.4 Å². The summed E-state index contributed by atoms with van der Waals surface area (Å²) in [5.41, 5.74) is 6.05. The number of alkyl halides is 3. The molecule has 1 aliphatic rings. The molecule has 0 aromatic heterocycles. The smallest absolute Gasteiger partial charge is 0.272 e. The van der Waals surface area contributed by atoms with Gasteiger partial charge in [0, 0.05) is 31.1 Å². The predicted octanol–water partition coefficient (Wildman–Crippen LogP) is 6.99. The number of aliphatic hydroxyl groups excluding tert-OH is 2. The largest absolute Gasteiger partial charge is 0.508 e. The molecule has 0 aliphatic carbocycles. The molecular formula is C37H39Cl3N2O6. The zero-order valence-electron chi connectivity index (χ0n) is 26.6. The highest BCUT2D eigenvalue weighted by Gasteiger charge is 2.39. The van der Waals surface area contributed by atoms with Crippen LogP contribution in [0, 0.1) is 5.92 Å². The van der Waals surface area contributed by atoms with E-state index in [2.05, 4.69) is 12.2 Å². The number of carbonyl (C=O) groups excluding carboxylic acids is 1. The highest BCUT2D eigenvalue weighted by Crippen LogP contribution is 2.42. The number of rotatable bonds is 11. The summed E-state index contributed by atoms with van der Waals surface area (Å²) in [4.78, 5) is 14.0. The summed E-state index contributed by atoms with van der Waals surface area (Å²) in [6, 6.07) is 30.1. The number of phenolic OH excluding ortho intramolecular Hbond substituents is 1. The van der Waals surface area contributed by atoms with Gasteiger partial charge in [-0.15, -0.1) is 0 Å². The third-order valence-electron chi connectivity index (χ3n) is 8.51. The average molecular weight is 714 g/mol. The lowest BCUT2D eigenvalue weighted by atomic mass is 9.90. The molecule has 4 aromatic carbocycles. The molecule has 254 valence electrons. The van der Waals surface area contributed by atoms with Gasteiger partial charge in [-0.05, 0) is 58.6 Å². The summed E-state index contributed by atoms with van der Waals surface area (Å²) in [5.74, 6) is -0.618. The molecule has 4 N–H and O–H groups in total. The van der Waals surface area contributed by atoms with Crippen molar-refractivity contribution in [3.05, 3.63) is 125 Å². The van der Waals surface area contributed by atoms with Gasteiger partial charge in [0.05, 0.1) is 24.9 Å². The molecule has 1 saturated heterocycles. The summed E-state index contributed by atoms with van der Waals surface area (Å²) < 4.78 is 11.2. The van der Waals surface area contributed by atoms with Crippen molar-refractivity contribution < 1.29 is 29.6 Å². The third kappa shape index (κ3) is 9.28. The van der Waals surface area contributed by atoms with Crippen LogP contribution in [0.2, 0.25) is 0 Å². The van der Waals surface area contributed by atoms with Gasteiger partial charge in [0.25, 0.3) is 9.70 Å². The molecule has 5 rings (SSSR count). The van der Waals surface area contributed by atoms with Crippen LogP contribution >= 0.6 is 34.8 Å². The topological polar surface area (TPSA) is 111 Å². The SMILES string of the molecule is CC1C(CN(C)CC(O)c2cccc(O)c2)OC(c2ccc(-c3cccc(CNC(=O)C(Cl)(Cl)Cl)c3)cc2)OC1c1ccc(CO)cc1. The first-order valence-electron chi connectivity index (χ1n) is 15.6. The maximum absolute atomic E-state index is 12.0. The summed E-state index contributed by atoms with van der Waals surface area (Å²) in [7, 11) is 1.93. The fraction of sp³-hybridized carbons (Fsp3) is 0.324. The number of aromatic hydroxyl groups is 1. The standard InChI is InChI=1S/C37H39Cl3N2O6/c1-23-33(21-42(2)20-32(45)30-7-4-8-31(44)18-30)47-35(48-34(23)27-11-9-24(22-43)10-12-27)28-15-13-26(14-16-28)29-6-3-5-25(17-29)19-41-36(46)37(38,39)40/h3-18,23,32-35,43-45H,19-22H2,1-2H3,(H,41,46). The van der Waals surface area contributed by atoms with E-state index in [-0.39, 0.29) is 37.0 Å². The van der Waals surface area contributed by atoms with E-state index >= 15 is 0 Å². The Hall–Kier alpha value is -3.18. The Morgan fingerprint density at radius 1 is 0.896 bits per heavy atom. The Morgan fingerprint density at radius 2 is 1.58 bits per heavy atom. The van der Waals surface area contributed by atoms with Gasteiger partial charge >= 0.3 is 0 Å². The number of likely N-dealkylation sites (N-methyl/N-ethyl adjacent to an activating group) is 1. The zero-order valence-corrected chi connectivity index (χ0v) is 28.9. The van der Waals surface area contributed by atoms with Crippen molar-refractivity contribution in [2.45, 2.75) is 48.5 Å². The molecule has 1 amide bonds. The molecule has 5 atom stereocenters. The number of benzene rings is 4. The number of ether oxygens (including phenoxy) is 2. The van der Waals surface area contributed by atoms with Crippen molar-refractivity contribution in [1.29, 1.82) is 0 Å². The molecule has 0 bridgehead atoms. The van der Waals surface area contributed by atoms with E-state index in [1.165, 1.54) is 0 Å². The number of halogens is 3. The maximum atomic E-state index is 12.0. The number of hydrogen-bond donors (Lipinski definition) is 4. The molecule has 1 aliphatic heterocycles. The molecule has 0 spiro atoms. The molecule has 1 heterocycles. The minimum atomic E-state index is -2.03. The second-order valence-corrected chi connectivity index (χ2v) is 14.4. The molecule has 5 unspecified atom stereocenters. The first-order valence-corrected chi connectivity index (χ1v) is 16.7. The number of nitrogens with one attached hydrogen (secondary N) is 1. The zero-order chi connectivity index (χ0) is 34.4. The van der Waals surface area contributed by atoms with E-state index in [0.717, 1.165) is 33.4 Å². The fourth-order valence-corrected chi connectivity index (χ4v) is 6.02. The Kier molecular flexibility index (Phi) is 12.1. The monoisotopic (exact) mass is 712 g/mol. The van der Waals surface area contributed by atoms with Crippen LogP contribution in [-0.4, -0.2) is 56.2 Å². The maximum Gasteiger partial charge on any atom is 0.272 e. The number of phenols is 1. The van der Waals surface area contributed by atoms with Crippen LogP contribution in [0.5, 0.6) is 5.75 Å². The van der Waals surface area contributed by atoms with Crippen molar-refractivity contribution in [1.82, 2.24) is 10.2 Å². The number of amides is 1. The number of carbonyl (C=O) groups is 1. The van der Waals surface area contributed by atoms with E-state index in [1.807, 2.05) is 84.7 Å². The first kappa shape index (κ1) is 36.1. The van der Waals surface area contributed by atoms with Gasteiger partial charge < -0.3 is 35.0 Å². The molecule has 11 heteroatoms. The van der Waals surface area contributed by atoms with Gasteiger partial charge in [-0.1, -0.05) is 121 Å². The lowest BCUT2D eigenvalue weighted by Gasteiger charge is -2.42. The Balaban J connectivity index is 1.33. The second-order valence-electron chi connectivity index (χ2n) is 12.2. The molecule has 0 saturated carbocycles. The average Bonchev–Trinajstić information content (AvgIpc) is 3.08. The summed E-state index contributed by atoms with van der Waals surface area (Å²) in [5, 5.41) is 32.9. The number of nitrogens with zero attached hydrogens (tertiary/aromatic N) is 1. The van der Waals surface area contributed by atoms with Crippen molar-refractivity contribution in [2.75, 3.05) is 20.1 Å². The van der Waals surface area contributed by atoms with Gasteiger partial charge in [0.1, 0.15) is 5.75 Å². The fourth-order valence-electron chi connectivity index (χ4n) is 5.82. The Morgan fingerprint density at radius 3 is 2.25 bits per heavy atom. The highest BCUT2D eigenvalue weighted by atomic mass is 35.6. The van der Waals surface area contributed by atoms with Gasteiger partial charge in [0.15, 0.2) is 6.29 Å². The van der Waals surface area contributed by atoms with Gasteiger partial charge in [-0.3, -0.25) is 4.79 Å². The molecule has 0 radical (unpaired) electrons. The van der Waals surface area contributed by atoms with Crippen molar-refractivity contribution in [3.8, 4) is 16.9 Å². The summed E-state index contributed by atoms with van der Waals surface area (Å²) in [6.45, 7) is 3.14. The summed E-state index contributed by atoms with van der Waals surface area (Å²) in [6.07, 6.45) is -1.97. The predicted molar refractivity (Wildman–Crippen MR) is 188 cm³/mol. The normalized spacial score (nSPS) is 20.4. The van der Waals surface area contributed by atoms with Crippen molar-refractivity contribution >= 4 is 40.7 Å². The lowest BCUT2D eigenvalue weighted by Crippen LogP contribution is -2.44. The molecule has 48 heavy (non-hydrogen) atoms.